The predicted octanol–water partition coefficient (Wildman–Crippen LogP) is 2.88. The first-order valence-electron chi connectivity index (χ1n) is 5.96. The van der Waals surface area contributed by atoms with Gasteiger partial charge in [0, 0.05) is 22.4 Å². The first kappa shape index (κ1) is 14.5. The molecule has 2 rings (SSSR count). The van der Waals surface area contributed by atoms with Crippen LogP contribution in [0.2, 0.25) is 0 Å². The van der Waals surface area contributed by atoms with Gasteiger partial charge in [-0.25, -0.2) is 4.79 Å². The number of hydrogen-bond donors (Lipinski definition) is 2. The van der Waals surface area contributed by atoms with Gasteiger partial charge in [-0.05, 0) is 36.1 Å². The Bertz CT molecular complexity index is 614. The topological polar surface area (TPSA) is 66.4 Å². The number of thiophene rings is 2. The van der Waals surface area contributed by atoms with E-state index in [1.54, 1.807) is 23.5 Å². The Balaban J connectivity index is 1.84. The van der Waals surface area contributed by atoms with E-state index in [0.29, 0.717) is 11.4 Å². The highest BCUT2D eigenvalue weighted by Gasteiger charge is 2.07. The average molecular weight is 307 g/mol. The lowest BCUT2D eigenvalue weighted by Crippen LogP contribution is -2.24. The summed E-state index contributed by atoms with van der Waals surface area (Å²) in [5.41, 5.74) is 0. The molecule has 2 N–H and O–H groups in total. The van der Waals surface area contributed by atoms with Gasteiger partial charge in [0.25, 0.3) is 5.91 Å². The van der Waals surface area contributed by atoms with E-state index in [0.717, 1.165) is 17.4 Å². The Morgan fingerprint density at radius 1 is 1.30 bits per heavy atom. The highest BCUT2D eigenvalue weighted by molar-refractivity contribution is 7.14. The number of hydrogen-bond acceptors (Lipinski definition) is 4. The van der Waals surface area contributed by atoms with Crippen LogP contribution in [0.4, 0.5) is 0 Å². The van der Waals surface area contributed by atoms with Crippen LogP contribution in [0, 0.1) is 0 Å². The summed E-state index contributed by atoms with van der Waals surface area (Å²) >= 11 is 2.94. The number of aliphatic carboxylic acids is 1. The van der Waals surface area contributed by atoms with E-state index in [-0.39, 0.29) is 5.91 Å². The molecule has 2 aromatic heterocycles. The zero-order valence-corrected chi connectivity index (χ0v) is 12.2. The minimum absolute atomic E-state index is 0.124. The molecule has 0 saturated heterocycles. The molecule has 0 aromatic carbocycles. The smallest absolute Gasteiger partial charge is 0.328 e. The minimum Gasteiger partial charge on any atom is -0.478 e. The molecule has 0 bridgehead atoms. The molecule has 0 unspecified atom stereocenters. The van der Waals surface area contributed by atoms with Crippen LogP contribution in [0.5, 0.6) is 0 Å². The molecule has 1 amide bonds. The normalized spacial score (nSPS) is 10.8. The zero-order chi connectivity index (χ0) is 14.4. The van der Waals surface area contributed by atoms with Gasteiger partial charge in [-0.1, -0.05) is 6.07 Å². The lowest BCUT2D eigenvalue weighted by atomic mass is 10.3. The van der Waals surface area contributed by atoms with Crippen molar-refractivity contribution in [1.29, 1.82) is 0 Å². The van der Waals surface area contributed by atoms with Gasteiger partial charge in [0.2, 0.25) is 0 Å². The molecule has 0 fully saturated rings. The van der Waals surface area contributed by atoms with Crippen molar-refractivity contribution in [3.63, 3.8) is 0 Å². The number of amides is 1. The van der Waals surface area contributed by atoms with Crippen LogP contribution >= 0.6 is 22.7 Å². The fourth-order valence-corrected chi connectivity index (χ4v) is 3.10. The first-order valence-corrected chi connectivity index (χ1v) is 7.66. The van der Waals surface area contributed by atoms with E-state index in [1.165, 1.54) is 22.3 Å². The van der Waals surface area contributed by atoms with Crippen molar-refractivity contribution in [1.82, 2.24) is 5.32 Å². The van der Waals surface area contributed by atoms with E-state index >= 15 is 0 Å². The van der Waals surface area contributed by atoms with Gasteiger partial charge in [0.05, 0.1) is 4.88 Å². The fraction of sp³-hybridized carbons (Fsp3) is 0.143. The van der Waals surface area contributed by atoms with Crippen molar-refractivity contribution >= 4 is 40.6 Å². The van der Waals surface area contributed by atoms with Crippen molar-refractivity contribution in [3.05, 3.63) is 50.4 Å². The van der Waals surface area contributed by atoms with Gasteiger partial charge in [-0.15, -0.1) is 22.7 Å². The van der Waals surface area contributed by atoms with Crippen molar-refractivity contribution < 1.29 is 14.7 Å². The highest BCUT2D eigenvalue weighted by atomic mass is 32.1. The maximum atomic E-state index is 11.9. The molecule has 0 radical (unpaired) electrons. The highest BCUT2D eigenvalue weighted by Crippen LogP contribution is 2.18. The molecule has 0 atom stereocenters. The monoisotopic (exact) mass is 307 g/mol. The van der Waals surface area contributed by atoms with Crippen LogP contribution in [-0.4, -0.2) is 23.5 Å². The van der Waals surface area contributed by atoms with E-state index in [9.17, 15) is 9.59 Å². The summed E-state index contributed by atoms with van der Waals surface area (Å²) < 4.78 is 0. The third-order valence-corrected chi connectivity index (χ3v) is 4.46. The number of carbonyl (C=O) groups excluding carboxylic acids is 1. The summed E-state index contributed by atoms with van der Waals surface area (Å²) in [7, 11) is 0. The molecule has 104 valence electrons. The Kier molecular flexibility index (Phi) is 5.09. The molecule has 0 aliphatic rings. The van der Waals surface area contributed by atoms with Crippen LogP contribution in [0.15, 0.2) is 35.7 Å². The van der Waals surface area contributed by atoms with Crippen molar-refractivity contribution in [2.24, 2.45) is 0 Å². The molecule has 0 aliphatic heterocycles. The molecule has 2 heterocycles. The second-order valence-corrected chi connectivity index (χ2v) is 6.11. The molecular formula is C14H13NO3S2. The predicted molar refractivity (Wildman–Crippen MR) is 81.3 cm³/mol. The van der Waals surface area contributed by atoms with Gasteiger partial charge in [0.1, 0.15) is 0 Å². The standard InChI is InChI=1S/C14H13NO3S2/c16-13(17)6-4-11-3-5-12(20-11)14(18)15-8-7-10-2-1-9-19-10/h1-6,9H,7-8H2,(H,15,18)(H,16,17). The maximum Gasteiger partial charge on any atom is 0.328 e. The summed E-state index contributed by atoms with van der Waals surface area (Å²) in [6, 6.07) is 7.46. The summed E-state index contributed by atoms with van der Waals surface area (Å²) in [5.74, 6) is -1.12. The third kappa shape index (κ3) is 4.32. The second kappa shape index (κ2) is 7.02. The van der Waals surface area contributed by atoms with Gasteiger partial charge < -0.3 is 10.4 Å². The maximum absolute atomic E-state index is 11.9. The third-order valence-electron chi connectivity index (χ3n) is 2.48. The molecule has 4 nitrogen and oxygen atoms in total. The summed E-state index contributed by atoms with van der Waals surface area (Å²) in [6.45, 7) is 0.595. The van der Waals surface area contributed by atoms with Gasteiger partial charge in [-0.2, -0.15) is 0 Å². The molecule has 6 heteroatoms. The Hall–Kier alpha value is -1.92. The van der Waals surface area contributed by atoms with Gasteiger partial charge >= 0.3 is 5.97 Å². The number of carboxylic acids is 1. The van der Waals surface area contributed by atoms with Crippen molar-refractivity contribution in [2.45, 2.75) is 6.42 Å². The number of carbonyl (C=O) groups is 2. The van der Waals surface area contributed by atoms with Crippen LogP contribution in [-0.2, 0) is 11.2 Å². The molecular weight excluding hydrogens is 294 g/mol. The lowest BCUT2D eigenvalue weighted by Gasteiger charge is -2.01. The lowest BCUT2D eigenvalue weighted by molar-refractivity contribution is -0.131. The number of nitrogens with one attached hydrogen (secondary N) is 1. The summed E-state index contributed by atoms with van der Waals surface area (Å²) in [4.78, 5) is 24.9. The van der Waals surface area contributed by atoms with Crippen LogP contribution < -0.4 is 5.32 Å². The molecule has 0 spiro atoms. The fourth-order valence-electron chi connectivity index (χ4n) is 1.56. The molecule has 0 aliphatic carbocycles. The Labute approximate surface area is 124 Å². The number of carboxylic acid groups (broad SMARTS) is 1. The van der Waals surface area contributed by atoms with Gasteiger partial charge in [-0.3, -0.25) is 4.79 Å². The van der Waals surface area contributed by atoms with Crippen LogP contribution in [0.3, 0.4) is 0 Å². The van der Waals surface area contributed by atoms with E-state index in [4.69, 9.17) is 5.11 Å². The zero-order valence-electron chi connectivity index (χ0n) is 10.5. The van der Waals surface area contributed by atoms with Crippen LogP contribution in [0.25, 0.3) is 6.08 Å². The summed E-state index contributed by atoms with van der Waals surface area (Å²) in [5, 5.41) is 13.4. The van der Waals surface area contributed by atoms with Crippen LogP contribution in [0.1, 0.15) is 19.4 Å². The Morgan fingerprint density at radius 2 is 2.15 bits per heavy atom. The van der Waals surface area contributed by atoms with Crippen molar-refractivity contribution in [3.8, 4) is 0 Å². The van der Waals surface area contributed by atoms with E-state index < -0.39 is 5.97 Å². The second-order valence-electron chi connectivity index (χ2n) is 3.96. The summed E-state index contributed by atoms with van der Waals surface area (Å²) in [6.07, 6.45) is 3.36. The first-order chi connectivity index (χ1) is 9.65. The number of rotatable bonds is 6. The van der Waals surface area contributed by atoms with E-state index in [1.807, 2.05) is 17.5 Å². The Morgan fingerprint density at radius 3 is 2.85 bits per heavy atom. The van der Waals surface area contributed by atoms with Gasteiger partial charge in [0.15, 0.2) is 0 Å². The average Bonchev–Trinajstić information content (AvgIpc) is 3.07. The largest absolute Gasteiger partial charge is 0.478 e. The molecule has 20 heavy (non-hydrogen) atoms. The molecule has 2 aromatic rings. The SMILES string of the molecule is O=C(O)C=Cc1ccc(C(=O)NCCc2cccs2)s1. The quantitative estimate of drug-likeness (QED) is 0.806. The minimum atomic E-state index is -1.000. The van der Waals surface area contributed by atoms with E-state index in [2.05, 4.69) is 5.32 Å². The van der Waals surface area contributed by atoms with Crippen molar-refractivity contribution in [2.75, 3.05) is 6.54 Å². The molecule has 0 saturated carbocycles.